The van der Waals surface area contributed by atoms with Gasteiger partial charge in [0.2, 0.25) is 15.9 Å². The molecule has 0 N–H and O–H groups in total. The van der Waals surface area contributed by atoms with E-state index >= 15 is 0 Å². The van der Waals surface area contributed by atoms with Crippen molar-refractivity contribution in [3.8, 4) is 0 Å². The summed E-state index contributed by atoms with van der Waals surface area (Å²) in [6.45, 7) is 4.34. The molecule has 5 nitrogen and oxygen atoms in total. The number of piperidine rings is 1. The lowest BCUT2D eigenvalue weighted by molar-refractivity contribution is -0.127. The Balaban J connectivity index is 1.56. The van der Waals surface area contributed by atoms with Gasteiger partial charge in [0.1, 0.15) is 0 Å². The minimum Gasteiger partial charge on any atom is -0.338 e. The van der Waals surface area contributed by atoms with Crippen LogP contribution < -0.4 is 0 Å². The summed E-state index contributed by atoms with van der Waals surface area (Å²) in [6.07, 6.45) is 6.82. The van der Waals surface area contributed by atoms with Crippen LogP contribution in [-0.4, -0.2) is 55.5 Å². The van der Waals surface area contributed by atoms with Crippen molar-refractivity contribution in [2.75, 3.05) is 31.9 Å². The van der Waals surface area contributed by atoms with E-state index in [1.54, 1.807) is 4.31 Å². The fourth-order valence-corrected chi connectivity index (χ4v) is 5.50. The Kier molecular flexibility index (Phi) is 5.82. The van der Waals surface area contributed by atoms with Crippen molar-refractivity contribution in [3.63, 3.8) is 0 Å². The zero-order valence-corrected chi connectivity index (χ0v) is 16.2. The van der Waals surface area contributed by atoms with E-state index in [-0.39, 0.29) is 17.1 Å². The minimum absolute atomic E-state index is 0.0457. The van der Waals surface area contributed by atoms with Gasteiger partial charge >= 0.3 is 0 Å². The highest BCUT2D eigenvalue weighted by Gasteiger charge is 2.45. The third-order valence-corrected chi connectivity index (χ3v) is 7.56. The molecule has 1 amide bonds. The predicted molar refractivity (Wildman–Crippen MR) is 104 cm³/mol. The monoisotopic (exact) mass is 376 g/mol. The molecular weight excluding hydrogens is 348 g/mol. The van der Waals surface area contributed by atoms with E-state index in [9.17, 15) is 13.2 Å². The Labute approximate surface area is 156 Å². The summed E-state index contributed by atoms with van der Waals surface area (Å²) in [5.41, 5.74) is 1.08. The smallest absolute Gasteiger partial charge is 0.223 e. The van der Waals surface area contributed by atoms with Gasteiger partial charge in [-0.3, -0.25) is 4.79 Å². The lowest BCUT2D eigenvalue weighted by atomic mass is 9.78. The number of sulfonamides is 1. The average Bonchev–Trinajstić information content (AvgIpc) is 2.91. The predicted octanol–water partition coefficient (Wildman–Crippen LogP) is 2.75. The summed E-state index contributed by atoms with van der Waals surface area (Å²) in [6, 6.07) is 10.1. The van der Waals surface area contributed by atoms with Gasteiger partial charge < -0.3 is 4.90 Å². The molecule has 0 saturated carbocycles. The third-order valence-electron chi connectivity index (χ3n) is 5.48. The maximum Gasteiger partial charge on any atom is 0.223 e. The van der Waals surface area contributed by atoms with E-state index in [1.807, 2.05) is 54.3 Å². The van der Waals surface area contributed by atoms with Crippen LogP contribution in [0.4, 0.5) is 0 Å². The van der Waals surface area contributed by atoms with Crippen molar-refractivity contribution in [1.29, 1.82) is 0 Å². The molecule has 1 aromatic rings. The molecule has 2 fully saturated rings. The second kappa shape index (κ2) is 7.92. The van der Waals surface area contributed by atoms with Crippen LogP contribution in [0.15, 0.2) is 36.4 Å². The van der Waals surface area contributed by atoms with Crippen molar-refractivity contribution in [2.45, 2.75) is 32.6 Å². The molecule has 142 valence electrons. The molecule has 2 saturated heterocycles. The average molecular weight is 377 g/mol. The van der Waals surface area contributed by atoms with Crippen molar-refractivity contribution >= 4 is 22.0 Å². The molecule has 26 heavy (non-hydrogen) atoms. The van der Waals surface area contributed by atoms with Gasteiger partial charge in [-0.05, 0) is 30.2 Å². The van der Waals surface area contributed by atoms with Gasteiger partial charge in [0.05, 0.1) is 5.75 Å². The highest BCUT2D eigenvalue weighted by molar-refractivity contribution is 7.89. The molecule has 2 aliphatic rings. The van der Waals surface area contributed by atoms with Crippen LogP contribution in [0.5, 0.6) is 0 Å². The van der Waals surface area contributed by atoms with E-state index in [1.165, 1.54) is 0 Å². The van der Waals surface area contributed by atoms with Crippen molar-refractivity contribution in [1.82, 2.24) is 9.21 Å². The van der Waals surface area contributed by atoms with Crippen LogP contribution in [0.2, 0.25) is 0 Å². The summed E-state index contributed by atoms with van der Waals surface area (Å²) in [7, 11) is -3.13. The first kappa shape index (κ1) is 19.1. The number of nitrogens with zero attached hydrogens (tertiary/aromatic N) is 2. The number of amides is 1. The number of hydrogen-bond acceptors (Lipinski definition) is 3. The molecule has 0 aliphatic carbocycles. The molecule has 2 aliphatic heterocycles. The SMILES string of the molecule is CCCS(=O)(=O)N1CCC2(CC1)CC(=O)N(CC=Cc1ccccc1)C2. The zero-order valence-electron chi connectivity index (χ0n) is 15.4. The Morgan fingerprint density at radius 2 is 1.85 bits per heavy atom. The maximum atomic E-state index is 12.4. The molecule has 0 radical (unpaired) electrons. The highest BCUT2D eigenvalue weighted by atomic mass is 32.2. The van der Waals surface area contributed by atoms with Crippen LogP contribution in [0, 0.1) is 5.41 Å². The second-order valence-electron chi connectivity index (χ2n) is 7.48. The molecule has 0 aromatic heterocycles. The lowest BCUT2D eigenvalue weighted by Crippen LogP contribution is -2.44. The van der Waals surface area contributed by atoms with Gasteiger partial charge in [0.15, 0.2) is 0 Å². The van der Waals surface area contributed by atoms with Crippen molar-refractivity contribution in [2.24, 2.45) is 5.41 Å². The topological polar surface area (TPSA) is 57.7 Å². The van der Waals surface area contributed by atoms with Crippen molar-refractivity contribution < 1.29 is 13.2 Å². The molecule has 2 heterocycles. The Morgan fingerprint density at radius 3 is 2.50 bits per heavy atom. The molecule has 1 aromatic carbocycles. The molecule has 3 rings (SSSR count). The van der Waals surface area contributed by atoms with Crippen LogP contribution in [0.3, 0.4) is 0 Å². The third kappa shape index (κ3) is 4.35. The first-order valence-corrected chi connectivity index (χ1v) is 11.0. The summed E-state index contributed by atoms with van der Waals surface area (Å²) in [5, 5.41) is 0. The Hall–Kier alpha value is -1.66. The first-order chi connectivity index (χ1) is 12.4. The van der Waals surface area contributed by atoms with E-state index in [0.29, 0.717) is 32.5 Å². The second-order valence-corrected chi connectivity index (χ2v) is 9.57. The molecule has 1 spiro atoms. The number of carbonyl (C=O) groups excluding carboxylic acids is 1. The van der Waals surface area contributed by atoms with E-state index in [2.05, 4.69) is 0 Å². The summed E-state index contributed by atoms with van der Waals surface area (Å²) in [5.74, 6) is 0.405. The fraction of sp³-hybridized carbons (Fsp3) is 0.550. The van der Waals surface area contributed by atoms with Crippen molar-refractivity contribution in [3.05, 3.63) is 42.0 Å². The zero-order chi connectivity index (χ0) is 18.6. The van der Waals surface area contributed by atoms with Gasteiger partial charge in [-0.2, -0.15) is 0 Å². The summed E-state index contributed by atoms with van der Waals surface area (Å²) >= 11 is 0. The summed E-state index contributed by atoms with van der Waals surface area (Å²) in [4.78, 5) is 14.3. The van der Waals surface area contributed by atoms with E-state index < -0.39 is 10.0 Å². The van der Waals surface area contributed by atoms with Gasteiger partial charge in [0, 0.05) is 32.6 Å². The number of rotatable bonds is 6. The largest absolute Gasteiger partial charge is 0.338 e. The fourth-order valence-electron chi connectivity index (χ4n) is 3.99. The van der Waals surface area contributed by atoms with Gasteiger partial charge in [-0.25, -0.2) is 12.7 Å². The highest BCUT2D eigenvalue weighted by Crippen LogP contribution is 2.41. The van der Waals surface area contributed by atoms with E-state index in [0.717, 1.165) is 24.9 Å². The minimum atomic E-state index is -3.13. The molecule has 0 bridgehead atoms. The van der Waals surface area contributed by atoms with Crippen LogP contribution >= 0.6 is 0 Å². The number of hydrogen-bond donors (Lipinski definition) is 0. The van der Waals surface area contributed by atoms with Gasteiger partial charge in [-0.15, -0.1) is 0 Å². The molecule has 0 atom stereocenters. The molecule has 0 unspecified atom stereocenters. The summed E-state index contributed by atoms with van der Waals surface area (Å²) < 4.78 is 26.1. The Bertz CT molecular complexity index is 751. The van der Waals surface area contributed by atoms with Crippen LogP contribution in [0.25, 0.3) is 6.08 Å². The van der Waals surface area contributed by atoms with Crippen LogP contribution in [-0.2, 0) is 14.8 Å². The molecular formula is C20H28N2O3S. The number of benzene rings is 1. The molecule has 6 heteroatoms. The Morgan fingerprint density at radius 1 is 1.15 bits per heavy atom. The van der Waals surface area contributed by atoms with Gasteiger partial charge in [-0.1, -0.05) is 49.4 Å². The number of likely N-dealkylation sites (tertiary alicyclic amines) is 1. The standard InChI is InChI=1S/C20H28N2O3S/c1-2-15-26(24,25)22-13-10-20(11-14-22)16-19(23)21(17-20)12-6-9-18-7-4-3-5-8-18/h3-9H,2,10-17H2,1H3. The lowest BCUT2D eigenvalue weighted by Gasteiger charge is -2.38. The first-order valence-electron chi connectivity index (χ1n) is 9.41. The van der Waals surface area contributed by atoms with Gasteiger partial charge in [0.25, 0.3) is 0 Å². The van der Waals surface area contributed by atoms with E-state index in [4.69, 9.17) is 0 Å². The quantitative estimate of drug-likeness (QED) is 0.767. The maximum absolute atomic E-state index is 12.4. The number of carbonyl (C=O) groups is 1. The van der Waals surface area contributed by atoms with Crippen LogP contribution in [0.1, 0.15) is 38.2 Å². The normalized spacial score (nSPS) is 21.1.